The first-order valence-corrected chi connectivity index (χ1v) is 11.8. The summed E-state index contributed by atoms with van der Waals surface area (Å²) in [4.78, 5) is 15.6. The van der Waals surface area contributed by atoms with Crippen molar-refractivity contribution < 1.29 is 40.6 Å². The number of carbonyl (C=O) groups excluding carboxylic acids is 1. The number of aromatic nitrogens is 1. The Morgan fingerprint density at radius 1 is 1.12 bits per heavy atom. The van der Waals surface area contributed by atoms with E-state index >= 15 is 0 Å². The predicted molar refractivity (Wildman–Crippen MR) is 118 cm³/mol. The molecule has 1 aromatic heterocycles. The first-order chi connectivity index (χ1) is 16.1. The normalized spacial score (nSPS) is 11.6. The van der Waals surface area contributed by atoms with Crippen molar-refractivity contribution in [2.75, 3.05) is 19.5 Å². The Balaban J connectivity index is 2.13. The molecular formula is C23H22F3NO6S. The Bertz CT molecular complexity index is 1310. The van der Waals surface area contributed by atoms with Crippen LogP contribution in [0.25, 0.3) is 10.9 Å². The Hall–Kier alpha value is -3.34. The number of methoxy groups -OCH3 is 1. The number of fused-ring (bicyclic) bond motifs is 1. The first kappa shape index (κ1) is 25.3. The SMILES string of the molecule is CCS(=O)(=O)c1ccc(Cc2c(OC(F)F)nc3c(F)ccc(OCC(=O)OC)c3c2C)cc1. The highest BCUT2D eigenvalue weighted by atomic mass is 32.2. The van der Waals surface area contributed by atoms with E-state index in [2.05, 4.69) is 14.5 Å². The van der Waals surface area contributed by atoms with Crippen molar-refractivity contribution in [3.05, 3.63) is 58.9 Å². The number of pyridine rings is 1. The third kappa shape index (κ3) is 5.41. The number of alkyl halides is 2. The molecule has 0 unspecified atom stereocenters. The van der Waals surface area contributed by atoms with Crippen LogP contribution in [0.4, 0.5) is 13.2 Å². The summed E-state index contributed by atoms with van der Waals surface area (Å²) >= 11 is 0. The molecular weight excluding hydrogens is 475 g/mol. The summed E-state index contributed by atoms with van der Waals surface area (Å²) < 4.78 is 79.5. The predicted octanol–water partition coefficient (Wildman–Crippen LogP) is 4.22. The number of ether oxygens (including phenoxy) is 3. The molecule has 0 aliphatic carbocycles. The average Bonchev–Trinajstić information content (AvgIpc) is 2.81. The van der Waals surface area contributed by atoms with Crippen LogP contribution in [0.1, 0.15) is 23.6 Å². The molecule has 2 aromatic carbocycles. The molecule has 1 heterocycles. The maximum Gasteiger partial charge on any atom is 0.388 e. The average molecular weight is 497 g/mol. The van der Waals surface area contributed by atoms with E-state index in [0.29, 0.717) is 11.1 Å². The lowest BCUT2D eigenvalue weighted by Gasteiger charge is -2.17. The molecule has 3 aromatic rings. The molecule has 3 rings (SSSR count). The van der Waals surface area contributed by atoms with Gasteiger partial charge in [-0.05, 0) is 42.3 Å². The van der Waals surface area contributed by atoms with E-state index in [0.717, 1.165) is 6.07 Å². The van der Waals surface area contributed by atoms with Gasteiger partial charge in [0, 0.05) is 17.4 Å². The molecule has 0 saturated heterocycles. The molecule has 0 aliphatic rings. The number of esters is 1. The fourth-order valence-electron chi connectivity index (χ4n) is 3.39. The molecule has 0 amide bonds. The Morgan fingerprint density at radius 2 is 1.79 bits per heavy atom. The van der Waals surface area contributed by atoms with E-state index in [4.69, 9.17) is 4.74 Å². The summed E-state index contributed by atoms with van der Waals surface area (Å²) in [6, 6.07) is 8.31. The molecule has 0 aliphatic heterocycles. The molecule has 0 spiro atoms. The topological polar surface area (TPSA) is 91.8 Å². The van der Waals surface area contributed by atoms with Crippen LogP contribution in [0.3, 0.4) is 0 Å². The van der Waals surface area contributed by atoms with Crippen molar-refractivity contribution in [2.24, 2.45) is 0 Å². The largest absolute Gasteiger partial charge is 0.481 e. The van der Waals surface area contributed by atoms with Gasteiger partial charge in [0.25, 0.3) is 0 Å². The Morgan fingerprint density at radius 3 is 2.38 bits per heavy atom. The second-order valence-electron chi connectivity index (χ2n) is 7.26. The van der Waals surface area contributed by atoms with E-state index in [1.54, 1.807) is 19.1 Å². The van der Waals surface area contributed by atoms with Crippen LogP contribution >= 0.6 is 0 Å². The summed E-state index contributed by atoms with van der Waals surface area (Å²) in [5.74, 6) is -1.87. The summed E-state index contributed by atoms with van der Waals surface area (Å²) in [5, 5.41) is 0.186. The molecule has 11 heteroatoms. The number of halogens is 3. The standard InChI is InChI=1S/C23H22F3NO6S/c1-4-34(29,30)15-7-5-14(6-8-15)11-16-13(2)20-18(32-12-19(28)31-3)10-9-17(24)21(20)27-22(16)33-23(25)26/h5-10,23H,4,11-12H2,1-3H3. The highest BCUT2D eigenvalue weighted by Crippen LogP contribution is 2.37. The van der Waals surface area contributed by atoms with Gasteiger partial charge in [-0.3, -0.25) is 0 Å². The zero-order valence-electron chi connectivity index (χ0n) is 18.6. The third-order valence-corrected chi connectivity index (χ3v) is 6.96. The summed E-state index contributed by atoms with van der Waals surface area (Å²) in [7, 11) is -2.22. The van der Waals surface area contributed by atoms with Gasteiger partial charge >= 0.3 is 12.6 Å². The fraction of sp³-hybridized carbons (Fsp3) is 0.304. The van der Waals surface area contributed by atoms with E-state index in [-0.39, 0.29) is 39.3 Å². The van der Waals surface area contributed by atoms with Gasteiger partial charge in [0.15, 0.2) is 16.4 Å². The van der Waals surface area contributed by atoms with Gasteiger partial charge < -0.3 is 14.2 Å². The monoisotopic (exact) mass is 497 g/mol. The van der Waals surface area contributed by atoms with Gasteiger partial charge in [-0.15, -0.1) is 0 Å². The molecule has 0 atom stereocenters. The summed E-state index contributed by atoms with van der Waals surface area (Å²) in [6.45, 7) is -0.561. The van der Waals surface area contributed by atoms with Crippen LogP contribution in [-0.2, 0) is 25.8 Å². The zero-order chi connectivity index (χ0) is 25.0. The Labute approximate surface area is 194 Å². The number of benzene rings is 2. The fourth-order valence-corrected chi connectivity index (χ4v) is 4.27. The quantitative estimate of drug-likeness (QED) is 0.409. The van der Waals surface area contributed by atoms with E-state index < -0.39 is 40.7 Å². The second-order valence-corrected chi connectivity index (χ2v) is 9.54. The second kappa shape index (κ2) is 10.3. The molecule has 0 fully saturated rings. The van der Waals surface area contributed by atoms with Crippen LogP contribution in [0, 0.1) is 12.7 Å². The van der Waals surface area contributed by atoms with Crippen molar-refractivity contribution in [2.45, 2.75) is 31.8 Å². The molecule has 0 radical (unpaired) electrons. The number of hydrogen-bond donors (Lipinski definition) is 0. The molecule has 182 valence electrons. The summed E-state index contributed by atoms with van der Waals surface area (Å²) in [6.07, 6.45) is 0.0379. The van der Waals surface area contributed by atoms with Crippen LogP contribution in [0.5, 0.6) is 11.6 Å². The molecule has 34 heavy (non-hydrogen) atoms. The number of nitrogens with zero attached hydrogens (tertiary/aromatic N) is 1. The van der Waals surface area contributed by atoms with Gasteiger partial charge in [-0.25, -0.2) is 22.6 Å². The van der Waals surface area contributed by atoms with Crippen LogP contribution < -0.4 is 9.47 Å². The van der Waals surface area contributed by atoms with Gasteiger partial charge in [0.1, 0.15) is 17.1 Å². The van der Waals surface area contributed by atoms with Crippen molar-refractivity contribution in [3.8, 4) is 11.6 Å². The van der Waals surface area contributed by atoms with E-state index in [1.807, 2.05) is 0 Å². The van der Waals surface area contributed by atoms with E-state index in [9.17, 15) is 26.4 Å². The van der Waals surface area contributed by atoms with Crippen molar-refractivity contribution in [1.82, 2.24) is 4.98 Å². The lowest BCUT2D eigenvalue weighted by molar-refractivity contribution is -0.142. The van der Waals surface area contributed by atoms with Crippen molar-refractivity contribution in [3.63, 3.8) is 0 Å². The Kier molecular flexibility index (Phi) is 7.65. The van der Waals surface area contributed by atoms with Crippen LogP contribution in [0.2, 0.25) is 0 Å². The number of rotatable bonds is 9. The highest BCUT2D eigenvalue weighted by Gasteiger charge is 2.22. The number of aryl methyl sites for hydroxylation is 1. The number of carbonyl (C=O) groups is 1. The van der Waals surface area contributed by atoms with Crippen LogP contribution in [0.15, 0.2) is 41.3 Å². The molecule has 0 bridgehead atoms. The summed E-state index contributed by atoms with van der Waals surface area (Å²) in [5.41, 5.74) is 0.910. The van der Waals surface area contributed by atoms with Gasteiger partial charge in [0.2, 0.25) is 5.88 Å². The molecule has 0 saturated carbocycles. The minimum atomic E-state index is -3.41. The zero-order valence-corrected chi connectivity index (χ0v) is 19.4. The minimum Gasteiger partial charge on any atom is -0.481 e. The van der Waals surface area contributed by atoms with Crippen molar-refractivity contribution in [1.29, 1.82) is 0 Å². The maximum absolute atomic E-state index is 14.6. The smallest absolute Gasteiger partial charge is 0.388 e. The molecule has 7 nitrogen and oxygen atoms in total. The maximum atomic E-state index is 14.6. The van der Waals surface area contributed by atoms with Gasteiger partial charge in [0.05, 0.1) is 17.8 Å². The van der Waals surface area contributed by atoms with Crippen molar-refractivity contribution >= 4 is 26.7 Å². The highest BCUT2D eigenvalue weighted by molar-refractivity contribution is 7.91. The lowest BCUT2D eigenvalue weighted by atomic mass is 9.97. The lowest BCUT2D eigenvalue weighted by Crippen LogP contribution is -2.13. The minimum absolute atomic E-state index is 0.0379. The van der Waals surface area contributed by atoms with Gasteiger partial charge in [-0.1, -0.05) is 19.1 Å². The van der Waals surface area contributed by atoms with E-state index in [1.165, 1.54) is 32.2 Å². The van der Waals surface area contributed by atoms with Gasteiger partial charge in [-0.2, -0.15) is 8.78 Å². The first-order valence-electron chi connectivity index (χ1n) is 10.1. The molecule has 0 N–H and O–H groups in total. The number of sulfone groups is 1. The van der Waals surface area contributed by atoms with Crippen LogP contribution in [-0.4, -0.2) is 45.5 Å². The number of hydrogen-bond acceptors (Lipinski definition) is 7. The third-order valence-electron chi connectivity index (χ3n) is 5.21.